The standard InChI is InChI=1S/C22H19IN2O2/c1-14-3-8-17(9-4-14)25-21(15-5-10-18(27-2)11-6-15)24-20-12-7-16(23)13-19(20)22(25)26/h3-13,21,24H,1-2H3/t21-/m1/s1. The second kappa shape index (κ2) is 7.23. The third-order valence-corrected chi connectivity index (χ3v) is 5.40. The van der Waals surface area contributed by atoms with E-state index >= 15 is 0 Å². The van der Waals surface area contributed by atoms with Crippen molar-refractivity contribution in [1.82, 2.24) is 0 Å². The topological polar surface area (TPSA) is 41.6 Å². The smallest absolute Gasteiger partial charge is 0.262 e. The number of halogens is 1. The average Bonchev–Trinajstić information content (AvgIpc) is 2.69. The van der Waals surface area contributed by atoms with Crippen LogP contribution in [0.2, 0.25) is 0 Å². The quantitative estimate of drug-likeness (QED) is 0.523. The van der Waals surface area contributed by atoms with Crippen molar-refractivity contribution in [2.24, 2.45) is 0 Å². The molecule has 1 amide bonds. The molecule has 0 unspecified atom stereocenters. The Kier molecular flexibility index (Phi) is 4.78. The first-order chi connectivity index (χ1) is 13.1. The predicted molar refractivity (Wildman–Crippen MR) is 117 cm³/mol. The van der Waals surface area contributed by atoms with E-state index in [0.717, 1.165) is 31.8 Å². The van der Waals surface area contributed by atoms with Gasteiger partial charge in [-0.05, 0) is 77.5 Å². The minimum atomic E-state index is -0.293. The number of carbonyl (C=O) groups is 1. The number of ether oxygens (including phenoxy) is 1. The zero-order chi connectivity index (χ0) is 19.0. The fraction of sp³-hybridized carbons (Fsp3) is 0.136. The molecule has 0 saturated heterocycles. The maximum absolute atomic E-state index is 13.4. The minimum Gasteiger partial charge on any atom is -0.497 e. The van der Waals surface area contributed by atoms with Crippen molar-refractivity contribution < 1.29 is 9.53 Å². The normalized spacial score (nSPS) is 15.9. The first-order valence-corrected chi connectivity index (χ1v) is 9.75. The summed E-state index contributed by atoms with van der Waals surface area (Å²) in [6, 6.07) is 21.7. The molecular weight excluding hydrogens is 451 g/mol. The van der Waals surface area contributed by atoms with Gasteiger partial charge in [0.25, 0.3) is 5.91 Å². The Balaban J connectivity index is 1.83. The van der Waals surface area contributed by atoms with Gasteiger partial charge in [-0.2, -0.15) is 0 Å². The number of methoxy groups -OCH3 is 1. The van der Waals surface area contributed by atoms with Gasteiger partial charge in [-0.15, -0.1) is 0 Å². The van der Waals surface area contributed by atoms with Gasteiger partial charge < -0.3 is 10.1 Å². The highest BCUT2D eigenvalue weighted by Gasteiger charge is 2.34. The van der Waals surface area contributed by atoms with Crippen LogP contribution in [0.3, 0.4) is 0 Å². The molecule has 3 aromatic carbocycles. The van der Waals surface area contributed by atoms with E-state index in [2.05, 4.69) is 27.9 Å². The first kappa shape index (κ1) is 17.9. The van der Waals surface area contributed by atoms with Crippen molar-refractivity contribution in [2.75, 3.05) is 17.3 Å². The number of hydrogen-bond donors (Lipinski definition) is 1. The van der Waals surface area contributed by atoms with Crippen LogP contribution in [-0.4, -0.2) is 13.0 Å². The Bertz CT molecular complexity index is 984. The molecule has 4 rings (SSSR count). The molecule has 5 heteroatoms. The molecule has 1 aliphatic rings. The molecule has 27 heavy (non-hydrogen) atoms. The Labute approximate surface area is 172 Å². The van der Waals surface area contributed by atoms with Crippen LogP contribution in [0.25, 0.3) is 0 Å². The Morgan fingerprint density at radius 3 is 2.37 bits per heavy atom. The Hall–Kier alpha value is -2.54. The average molecular weight is 470 g/mol. The lowest BCUT2D eigenvalue weighted by atomic mass is 10.0. The fourth-order valence-corrected chi connectivity index (χ4v) is 3.76. The number of hydrogen-bond acceptors (Lipinski definition) is 3. The number of nitrogens with one attached hydrogen (secondary N) is 1. The van der Waals surface area contributed by atoms with E-state index in [-0.39, 0.29) is 12.1 Å². The zero-order valence-corrected chi connectivity index (χ0v) is 17.2. The molecule has 0 radical (unpaired) electrons. The first-order valence-electron chi connectivity index (χ1n) is 8.67. The summed E-state index contributed by atoms with van der Waals surface area (Å²) in [5, 5.41) is 3.53. The number of rotatable bonds is 3. The summed E-state index contributed by atoms with van der Waals surface area (Å²) < 4.78 is 6.31. The minimum absolute atomic E-state index is 0.00747. The van der Waals surface area contributed by atoms with Gasteiger partial charge in [0.05, 0.1) is 12.7 Å². The van der Waals surface area contributed by atoms with Crippen molar-refractivity contribution >= 4 is 39.9 Å². The number of benzene rings is 3. The van der Waals surface area contributed by atoms with Gasteiger partial charge >= 0.3 is 0 Å². The van der Waals surface area contributed by atoms with Crippen LogP contribution in [-0.2, 0) is 0 Å². The Morgan fingerprint density at radius 2 is 1.70 bits per heavy atom. The van der Waals surface area contributed by atoms with E-state index in [1.54, 1.807) is 7.11 Å². The molecule has 4 nitrogen and oxygen atoms in total. The molecule has 0 bridgehead atoms. The van der Waals surface area contributed by atoms with Gasteiger partial charge in [-0.3, -0.25) is 9.69 Å². The number of anilines is 2. The molecule has 0 fully saturated rings. The van der Waals surface area contributed by atoms with E-state index < -0.39 is 0 Å². The van der Waals surface area contributed by atoms with Crippen LogP contribution in [0.4, 0.5) is 11.4 Å². The number of nitrogens with zero attached hydrogens (tertiary/aromatic N) is 1. The molecule has 1 N–H and O–H groups in total. The van der Waals surface area contributed by atoms with Gasteiger partial charge in [0.15, 0.2) is 0 Å². The Morgan fingerprint density at radius 1 is 1.00 bits per heavy atom. The second-order valence-electron chi connectivity index (χ2n) is 6.52. The molecule has 1 aliphatic heterocycles. The van der Waals surface area contributed by atoms with Gasteiger partial charge in [-0.25, -0.2) is 0 Å². The van der Waals surface area contributed by atoms with Crippen LogP contribution in [0.1, 0.15) is 27.7 Å². The lowest BCUT2D eigenvalue weighted by Gasteiger charge is -2.38. The summed E-state index contributed by atoms with van der Waals surface area (Å²) in [6.07, 6.45) is -0.293. The molecule has 0 spiro atoms. The van der Waals surface area contributed by atoms with Crippen molar-refractivity contribution in [3.63, 3.8) is 0 Å². The molecular formula is C22H19IN2O2. The molecule has 1 heterocycles. The van der Waals surface area contributed by atoms with Gasteiger partial charge in [0.1, 0.15) is 11.9 Å². The van der Waals surface area contributed by atoms with Crippen LogP contribution < -0.4 is 15.0 Å². The monoisotopic (exact) mass is 470 g/mol. The summed E-state index contributed by atoms with van der Waals surface area (Å²) in [5.74, 6) is 0.782. The summed E-state index contributed by atoms with van der Waals surface area (Å²) in [5.41, 5.74) is 4.56. The van der Waals surface area contributed by atoms with Crippen molar-refractivity contribution in [3.8, 4) is 5.75 Å². The van der Waals surface area contributed by atoms with Crippen LogP contribution in [0.5, 0.6) is 5.75 Å². The van der Waals surface area contributed by atoms with E-state index in [4.69, 9.17) is 4.74 Å². The maximum Gasteiger partial charge on any atom is 0.262 e. The van der Waals surface area contributed by atoms with Gasteiger partial charge in [-0.1, -0.05) is 29.8 Å². The number of amides is 1. The SMILES string of the molecule is COc1ccc([C@@H]2Nc3ccc(I)cc3C(=O)N2c2ccc(C)cc2)cc1. The van der Waals surface area contributed by atoms with Crippen molar-refractivity contribution in [3.05, 3.63) is 87.0 Å². The molecule has 1 atom stereocenters. The molecule has 0 aromatic heterocycles. The lowest BCUT2D eigenvalue weighted by Crippen LogP contribution is -2.43. The van der Waals surface area contributed by atoms with E-state index in [0.29, 0.717) is 5.56 Å². The molecule has 136 valence electrons. The second-order valence-corrected chi connectivity index (χ2v) is 7.77. The largest absolute Gasteiger partial charge is 0.497 e. The predicted octanol–water partition coefficient (Wildman–Crippen LogP) is 5.38. The summed E-state index contributed by atoms with van der Waals surface area (Å²) in [4.78, 5) is 15.2. The highest BCUT2D eigenvalue weighted by molar-refractivity contribution is 14.1. The zero-order valence-electron chi connectivity index (χ0n) is 15.1. The lowest BCUT2D eigenvalue weighted by molar-refractivity contribution is 0.0975. The summed E-state index contributed by atoms with van der Waals surface area (Å²) >= 11 is 2.23. The number of carbonyl (C=O) groups excluding carboxylic acids is 1. The number of aryl methyl sites for hydroxylation is 1. The van der Waals surface area contributed by atoms with E-state index in [1.165, 1.54) is 0 Å². The van der Waals surface area contributed by atoms with Crippen LogP contribution in [0.15, 0.2) is 66.7 Å². The van der Waals surface area contributed by atoms with E-state index in [1.807, 2.05) is 78.6 Å². The van der Waals surface area contributed by atoms with Gasteiger partial charge in [0.2, 0.25) is 0 Å². The third-order valence-electron chi connectivity index (χ3n) is 4.72. The molecule has 0 saturated carbocycles. The van der Waals surface area contributed by atoms with Gasteiger partial charge in [0, 0.05) is 14.9 Å². The molecule has 0 aliphatic carbocycles. The van der Waals surface area contributed by atoms with Crippen LogP contribution >= 0.6 is 22.6 Å². The third kappa shape index (κ3) is 3.39. The summed E-state index contributed by atoms with van der Waals surface area (Å²) in [6.45, 7) is 2.04. The van der Waals surface area contributed by atoms with Crippen molar-refractivity contribution in [2.45, 2.75) is 13.1 Å². The number of fused-ring (bicyclic) bond motifs is 1. The van der Waals surface area contributed by atoms with Crippen LogP contribution in [0, 0.1) is 10.5 Å². The van der Waals surface area contributed by atoms with E-state index in [9.17, 15) is 4.79 Å². The highest BCUT2D eigenvalue weighted by atomic mass is 127. The maximum atomic E-state index is 13.4. The molecule has 3 aromatic rings. The van der Waals surface area contributed by atoms with Crippen molar-refractivity contribution in [1.29, 1.82) is 0 Å². The fourth-order valence-electron chi connectivity index (χ4n) is 3.27. The summed E-state index contributed by atoms with van der Waals surface area (Å²) in [7, 11) is 1.65. The highest BCUT2D eigenvalue weighted by Crippen LogP contribution is 2.37.